The van der Waals surface area contributed by atoms with Crippen LogP contribution in [0.2, 0.25) is 0 Å². The Labute approximate surface area is 73.4 Å². The molecule has 0 fully saturated rings. The quantitative estimate of drug-likeness (QED) is 0.631. The standard InChI is InChI=1S/C11H15F/c1-4-5-10-6-7-11(12)9(3)8(10)2/h6-7H,4-5H2,1-3H3. The lowest BCUT2D eigenvalue weighted by Crippen LogP contribution is -1.94. The second-order valence-corrected chi connectivity index (χ2v) is 3.21. The molecule has 12 heavy (non-hydrogen) atoms. The van der Waals surface area contributed by atoms with Crippen LogP contribution in [0.25, 0.3) is 0 Å². The van der Waals surface area contributed by atoms with E-state index < -0.39 is 0 Å². The smallest absolute Gasteiger partial charge is 0.126 e. The Hall–Kier alpha value is -0.850. The van der Waals surface area contributed by atoms with Crippen molar-refractivity contribution in [2.24, 2.45) is 0 Å². The van der Waals surface area contributed by atoms with Gasteiger partial charge >= 0.3 is 0 Å². The summed E-state index contributed by atoms with van der Waals surface area (Å²) in [5.41, 5.74) is 3.18. The lowest BCUT2D eigenvalue weighted by molar-refractivity contribution is 0.615. The third kappa shape index (κ3) is 1.66. The maximum atomic E-state index is 13.0. The van der Waals surface area contributed by atoms with Gasteiger partial charge in [-0.05, 0) is 43.0 Å². The van der Waals surface area contributed by atoms with Crippen LogP contribution < -0.4 is 0 Å². The van der Waals surface area contributed by atoms with Gasteiger partial charge in [-0.3, -0.25) is 0 Å². The highest BCUT2D eigenvalue weighted by Crippen LogP contribution is 2.17. The van der Waals surface area contributed by atoms with Crippen LogP contribution in [0, 0.1) is 19.7 Å². The highest BCUT2D eigenvalue weighted by molar-refractivity contribution is 5.34. The molecule has 0 amide bonds. The molecule has 0 atom stereocenters. The average Bonchev–Trinajstić information content (AvgIpc) is 2.07. The van der Waals surface area contributed by atoms with Gasteiger partial charge in [0.25, 0.3) is 0 Å². The lowest BCUT2D eigenvalue weighted by Gasteiger charge is -2.07. The lowest BCUT2D eigenvalue weighted by atomic mass is 10.00. The van der Waals surface area contributed by atoms with E-state index in [0.717, 1.165) is 24.0 Å². The Morgan fingerprint density at radius 3 is 2.42 bits per heavy atom. The second kappa shape index (κ2) is 3.70. The van der Waals surface area contributed by atoms with Crippen LogP contribution >= 0.6 is 0 Å². The minimum Gasteiger partial charge on any atom is -0.207 e. The van der Waals surface area contributed by atoms with Gasteiger partial charge in [0, 0.05) is 0 Å². The van der Waals surface area contributed by atoms with Gasteiger partial charge in [0.1, 0.15) is 5.82 Å². The van der Waals surface area contributed by atoms with Gasteiger partial charge in [-0.1, -0.05) is 19.4 Å². The molecule has 0 unspecified atom stereocenters. The summed E-state index contributed by atoms with van der Waals surface area (Å²) in [6, 6.07) is 3.45. The first-order valence-electron chi connectivity index (χ1n) is 4.41. The van der Waals surface area contributed by atoms with Crippen molar-refractivity contribution in [1.29, 1.82) is 0 Å². The molecule has 0 bridgehead atoms. The monoisotopic (exact) mass is 166 g/mol. The van der Waals surface area contributed by atoms with Gasteiger partial charge < -0.3 is 0 Å². The van der Waals surface area contributed by atoms with Crippen LogP contribution in [0.4, 0.5) is 4.39 Å². The minimum atomic E-state index is -0.0904. The molecule has 0 aliphatic rings. The van der Waals surface area contributed by atoms with Crippen LogP contribution in [0.5, 0.6) is 0 Å². The molecule has 1 heteroatoms. The molecule has 0 saturated carbocycles. The molecule has 0 nitrogen and oxygen atoms in total. The minimum absolute atomic E-state index is 0.0904. The molecular formula is C11H15F. The molecule has 0 N–H and O–H groups in total. The van der Waals surface area contributed by atoms with Crippen molar-refractivity contribution in [2.45, 2.75) is 33.6 Å². The summed E-state index contributed by atoms with van der Waals surface area (Å²) in [6.07, 6.45) is 2.17. The highest BCUT2D eigenvalue weighted by Gasteiger charge is 2.04. The van der Waals surface area contributed by atoms with Gasteiger partial charge in [0.2, 0.25) is 0 Å². The molecule has 1 aromatic carbocycles. The fraction of sp³-hybridized carbons (Fsp3) is 0.455. The molecule has 0 spiro atoms. The first kappa shape index (κ1) is 9.24. The summed E-state index contributed by atoms with van der Waals surface area (Å²) < 4.78 is 13.0. The molecule has 1 aromatic rings. The fourth-order valence-electron chi connectivity index (χ4n) is 1.38. The van der Waals surface area contributed by atoms with E-state index in [1.807, 2.05) is 19.9 Å². The number of halogens is 1. The van der Waals surface area contributed by atoms with Crippen LogP contribution in [-0.2, 0) is 6.42 Å². The normalized spacial score (nSPS) is 10.3. The molecule has 0 aliphatic carbocycles. The van der Waals surface area contributed by atoms with Crippen molar-refractivity contribution in [3.63, 3.8) is 0 Å². The number of hydrogen-bond donors (Lipinski definition) is 0. The Bertz CT molecular complexity index is 277. The predicted octanol–water partition coefficient (Wildman–Crippen LogP) is 3.40. The van der Waals surface area contributed by atoms with Gasteiger partial charge in [-0.2, -0.15) is 0 Å². The maximum absolute atomic E-state index is 13.0. The largest absolute Gasteiger partial charge is 0.207 e. The van der Waals surface area contributed by atoms with Gasteiger partial charge in [-0.25, -0.2) is 4.39 Å². The van der Waals surface area contributed by atoms with E-state index in [2.05, 4.69) is 6.92 Å². The first-order valence-corrected chi connectivity index (χ1v) is 4.41. The zero-order valence-electron chi connectivity index (χ0n) is 7.95. The maximum Gasteiger partial charge on any atom is 0.126 e. The van der Waals surface area contributed by atoms with Crippen molar-refractivity contribution in [3.05, 3.63) is 34.6 Å². The SMILES string of the molecule is CCCc1ccc(F)c(C)c1C. The number of aryl methyl sites for hydroxylation is 1. The second-order valence-electron chi connectivity index (χ2n) is 3.21. The molecule has 0 radical (unpaired) electrons. The van der Waals surface area contributed by atoms with Crippen molar-refractivity contribution in [2.75, 3.05) is 0 Å². The zero-order chi connectivity index (χ0) is 9.14. The number of benzene rings is 1. The Morgan fingerprint density at radius 1 is 1.17 bits per heavy atom. The van der Waals surface area contributed by atoms with Crippen molar-refractivity contribution < 1.29 is 4.39 Å². The van der Waals surface area contributed by atoms with E-state index in [1.165, 1.54) is 5.56 Å². The van der Waals surface area contributed by atoms with Crippen molar-refractivity contribution in [1.82, 2.24) is 0 Å². The molecule has 66 valence electrons. The molecule has 1 rings (SSSR count). The van der Waals surface area contributed by atoms with E-state index >= 15 is 0 Å². The van der Waals surface area contributed by atoms with E-state index in [1.54, 1.807) is 6.07 Å². The van der Waals surface area contributed by atoms with Crippen LogP contribution in [-0.4, -0.2) is 0 Å². The summed E-state index contributed by atoms with van der Waals surface area (Å²) in [4.78, 5) is 0. The molecular weight excluding hydrogens is 151 g/mol. The third-order valence-corrected chi connectivity index (χ3v) is 2.35. The van der Waals surface area contributed by atoms with Gasteiger partial charge in [0.15, 0.2) is 0 Å². The molecule has 0 heterocycles. The molecule has 0 aliphatic heterocycles. The summed E-state index contributed by atoms with van der Waals surface area (Å²) in [6.45, 7) is 5.96. The zero-order valence-corrected chi connectivity index (χ0v) is 7.95. The van der Waals surface area contributed by atoms with E-state index in [9.17, 15) is 4.39 Å². The Kier molecular flexibility index (Phi) is 2.85. The van der Waals surface area contributed by atoms with Crippen molar-refractivity contribution >= 4 is 0 Å². The summed E-state index contributed by atoms with van der Waals surface area (Å²) in [7, 11) is 0. The van der Waals surface area contributed by atoms with Gasteiger partial charge in [0.05, 0.1) is 0 Å². The van der Waals surface area contributed by atoms with Crippen LogP contribution in [0.3, 0.4) is 0 Å². The first-order chi connectivity index (χ1) is 5.66. The fourth-order valence-corrected chi connectivity index (χ4v) is 1.38. The van der Waals surface area contributed by atoms with Gasteiger partial charge in [-0.15, -0.1) is 0 Å². The molecule has 0 aromatic heterocycles. The summed E-state index contributed by atoms with van der Waals surface area (Å²) in [5.74, 6) is -0.0904. The highest BCUT2D eigenvalue weighted by atomic mass is 19.1. The summed E-state index contributed by atoms with van der Waals surface area (Å²) >= 11 is 0. The average molecular weight is 166 g/mol. The Balaban J connectivity index is 3.08. The topological polar surface area (TPSA) is 0 Å². The van der Waals surface area contributed by atoms with E-state index in [-0.39, 0.29) is 5.82 Å². The summed E-state index contributed by atoms with van der Waals surface area (Å²) in [5, 5.41) is 0. The molecule has 0 saturated heterocycles. The van der Waals surface area contributed by atoms with E-state index in [0.29, 0.717) is 0 Å². The van der Waals surface area contributed by atoms with Crippen LogP contribution in [0.15, 0.2) is 12.1 Å². The van der Waals surface area contributed by atoms with Crippen LogP contribution in [0.1, 0.15) is 30.0 Å². The van der Waals surface area contributed by atoms with Crippen molar-refractivity contribution in [3.8, 4) is 0 Å². The predicted molar refractivity (Wildman–Crippen MR) is 49.9 cm³/mol. The third-order valence-electron chi connectivity index (χ3n) is 2.35. The Morgan fingerprint density at radius 2 is 1.83 bits per heavy atom. The number of hydrogen-bond acceptors (Lipinski definition) is 0. The van der Waals surface area contributed by atoms with E-state index in [4.69, 9.17) is 0 Å². The number of rotatable bonds is 2.